The van der Waals surface area contributed by atoms with Gasteiger partial charge in [-0.2, -0.15) is 6.42 Å². The number of fused-ring (bicyclic) bond motifs is 1. The van der Waals surface area contributed by atoms with E-state index in [9.17, 15) is 8.78 Å². The number of aryl methyl sites for hydroxylation is 1. The van der Waals surface area contributed by atoms with E-state index in [1.165, 1.54) is 29.0 Å². The van der Waals surface area contributed by atoms with Gasteiger partial charge in [-0.25, -0.2) is 8.78 Å². The molecule has 2 nitrogen and oxygen atoms in total. The molecule has 0 aliphatic rings. The summed E-state index contributed by atoms with van der Waals surface area (Å²) in [5, 5.41) is 1.22. The molecule has 198 valence electrons. The smallest absolute Gasteiger partial charge is 0.143 e. The van der Waals surface area contributed by atoms with Gasteiger partial charge in [0.15, 0.2) is 0 Å². The van der Waals surface area contributed by atoms with E-state index in [0.29, 0.717) is 0 Å². The Morgan fingerprint density at radius 1 is 1.19 bits per heavy atom. The van der Waals surface area contributed by atoms with E-state index in [1.54, 1.807) is 6.07 Å². The molecule has 0 fully saturated rings. The van der Waals surface area contributed by atoms with E-state index in [1.807, 2.05) is 6.92 Å². The Balaban J connectivity index is 0.000000487. The minimum atomic E-state index is -0.388. The number of halogens is 3. The summed E-state index contributed by atoms with van der Waals surface area (Å²) >= 11 is 6.04. The molecule has 2 aromatic carbocycles. The van der Waals surface area contributed by atoms with Crippen LogP contribution in [0.5, 0.6) is 0 Å². The van der Waals surface area contributed by atoms with Crippen LogP contribution in [0.1, 0.15) is 81.7 Å². The summed E-state index contributed by atoms with van der Waals surface area (Å²) in [7, 11) is 0. The number of aromatic amines is 1. The Kier molecular flexibility index (Phi) is 15.4. The van der Waals surface area contributed by atoms with E-state index in [0.717, 1.165) is 66.9 Å². The van der Waals surface area contributed by atoms with Crippen LogP contribution in [0.15, 0.2) is 66.1 Å². The number of nitrogens with zero attached hydrogens (tertiary/aromatic N) is 1. The third kappa shape index (κ3) is 9.86. The molecule has 0 aliphatic carbocycles. The third-order valence-electron chi connectivity index (χ3n) is 6.18. The number of rotatable bonds is 10. The Bertz CT molecular complexity index is 1200. The van der Waals surface area contributed by atoms with Crippen molar-refractivity contribution in [2.45, 2.75) is 72.1 Å². The van der Waals surface area contributed by atoms with Crippen molar-refractivity contribution in [3.8, 4) is 0 Å². The first-order valence-corrected chi connectivity index (χ1v) is 13.0. The van der Waals surface area contributed by atoms with Crippen molar-refractivity contribution in [1.29, 1.82) is 0 Å². The number of H-pyrrole nitrogens is 1. The number of hydrogen-bond acceptors (Lipinski definition) is 1. The van der Waals surface area contributed by atoms with Gasteiger partial charge in [0.2, 0.25) is 0 Å². The summed E-state index contributed by atoms with van der Waals surface area (Å²) in [6.07, 6.45) is 8.27. The van der Waals surface area contributed by atoms with Crippen LogP contribution < -0.4 is 0 Å². The van der Waals surface area contributed by atoms with Crippen LogP contribution in [0.4, 0.5) is 8.78 Å². The Morgan fingerprint density at radius 3 is 2.43 bits per heavy atom. The van der Waals surface area contributed by atoms with Gasteiger partial charge < -0.3 is 11.9 Å². The van der Waals surface area contributed by atoms with Gasteiger partial charge in [-0.15, -0.1) is 0 Å². The predicted molar refractivity (Wildman–Crippen MR) is 152 cm³/mol. The Morgan fingerprint density at radius 2 is 1.86 bits per heavy atom. The third-order valence-corrected chi connectivity index (χ3v) is 6.47. The van der Waals surface area contributed by atoms with Gasteiger partial charge in [0.25, 0.3) is 0 Å². The van der Waals surface area contributed by atoms with Crippen molar-refractivity contribution in [1.82, 2.24) is 4.98 Å². The molecule has 0 spiro atoms. The number of aromatic nitrogens is 1. The van der Waals surface area contributed by atoms with Crippen LogP contribution in [-0.2, 0) is 12.8 Å². The summed E-state index contributed by atoms with van der Waals surface area (Å²) < 4.78 is 26.3. The van der Waals surface area contributed by atoms with E-state index >= 15 is 0 Å². The first-order chi connectivity index (χ1) is 17.2. The van der Waals surface area contributed by atoms with Gasteiger partial charge in [0.05, 0.1) is 11.2 Å². The Labute approximate surface area is 250 Å². The van der Waals surface area contributed by atoms with E-state index in [-0.39, 0.29) is 53.7 Å². The number of benzene rings is 2. The SMILES string of the molecule is C=C/C(F)=C\N=C(C)CCC.[CH2-]Cc1ccc(C(C)c2[nH]c3cc(F)c(Cl)cc3c2CCCC)cc1.[U]. The monoisotopic (exact) mass is 749 g/mol. The second-order valence-electron chi connectivity index (χ2n) is 8.98. The minimum absolute atomic E-state index is 0. The molecule has 0 bridgehead atoms. The van der Waals surface area contributed by atoms with Gasteiger partial charge in [-0.05, 0) is 55.5 Å². The Hall–Kier alpha value is -1.67. The molecule has 1 N–H and O–H groups in total. The zero-order valence-corrected chi connectivity index (χ0v) is 27.4. The largest absolute Gasteiger partial charge is 0.358 e. The fraction of sp³-hybridized carbons (Fsp3) is 0.355. The number of unbranched alkanes of at least 4 members (excludes halogenated alkanes) is 1. The summed E-state index contributed by atoms with van der Waals surface area (Å²) in [6, 6.07) is 11.8. The van der Waals surface area contributed by atoms with Crippen molar-refractivity contribution in [2.24, 2.45) is 4.99 Å². The molecule has 3 aromatic rings. The molecule has 0 saturated carbocycles. The maximum atomic E-state index is 13.9. The molecule has 1 atom stereocenters. The minimum Gasteiger partial charge on any atom is -0.358 e. The molecular weight excluding hydrogens is 712 g/mol. The number of aliphatic imine (C=N–C) groups is 1. The zero-order chi connectivity index (χ0) is 26.7. The normalized spacial score (nSPS) is 12.5. The summed E-state index contributed by atoms with van der Waals surface area (Å²) in [5.74, 6) is -0.558. The summed E-state index contributed by atoms with van der Waals surface area (Å²) in [6.45, 7) is 15.5. The molecule has 0 saturated heterocycles. The molecule has 0 aliphatic heterocycles. The second kappa shape index (κ2) is 17.0. The van der Waals surface area contributed by atoms with Crippen molar-refractivity contribution < 1.29 is 39.9 Å². The fourth-order valence-electron chi connectivity index (χ4n) is 4.05. The van der Waals surface area contributed by atoms with Gasteiger partial charge >= 0.3 is 0 Å². The van der Waals surface area contributed by atoms with Gasteiger partial charge in [-0.1, -0.05) is 81.6 Å². The average Bonchev–Trinajstić information content (AvgIpc) is 3.23. The van der Waals surface area contributed by atoms with Gasteiger partial charge in [-0.3, -0.25) is 4.99 Å². The van der Waals surface area contributed by atoms with Crippen LogP contribution in [0.2, 0.25) is 5.02 Å². The van der Waals surface area contributed by atoms with Crippen LogP contribution in [0.3, 0.4) is 0 Å². The van der Waals surface area contributed by atoms with E-state index in [2.05, 4.69) is 68.5 Å². The maximum Gasteiger partial charge on any atom is 0.143 e. The van der Waals surface area contributed by atoms with Crippen molar-refractivity contribution in [2.75, 3.05) is 0 Å². The predicted octanol–water partition coefficient (Wildman–Crippen LogP) is 10.1. The fourth-order valence-corrected chi connectivity index (χ4v) is 4.21. The first kappa shape index (κ1) is 33.4. The molecule has 6 heteroatoms. The molecule has 37 heavy (non-hydrogen) atoms. The van der Waals surface area contributed by atoms with Crippen molar-refractivity contribution >= 4 is 28.2 Å². The van der Waals surface area contributed by atoms with Crippen LogP contribution in [-0.4, -0.2) is 10.7 Å². The van der Waals surface area contributed by atoms with Gasteiger partial charge in [0.1, 0.15) is 11.6 Å². The van der Waals surface area contributed by atoms with Crippen molar-refractivity contribution in [3.63, 3.8) is 0 Å². The zero-order valence-electron chi connectivity index (χ0n) is 22.4. The quantitative estimate of drug-likeness (QED) is 0.122. The number of nitrogens with one attached hydrogen (secondary N) is 1. The molecule has 1 heterocycles. The molecule has 1 unspecified atom stereocenters. The average molecular weight is 750 g/mol. The number of allylic oxidation sites excluding steroid dienone is 2. The van der Waals surface area contributed by atoms with Crippen LogP contribution in [0, 0.1) is 43.9 Å². The maximum absolute atomic E-state index is 13.9. The topological polar surface area (TPSA) is 28.1 Å². The molecule has 3 rings (SSSR count). The van der Waals surface area contributed by atoms with Crippen LogP contribution >= 0.6 is 11.6 Å². The standard InChI is InChI=1S/C22H24ClFN.C9H14FN.U/c1-4-6-7-17-18-12-19(23)20(24)13-21(18)25-22(17)14(3)16-10-8-15(5-2)9-11-16;1-4-6-8(3)11-7-9(10)5-2;/h8-14,25H,2,4-7H2,1,3H3;5,7H,2,4,6H2,1,3H3;/q-1;;/b;9-7+,11-8?;. The second-order valence-corrected chi connectivity index (χ2v) is 9.39. The van der Waals surface area contributed by atoms with Crippen molar-refractivity contribution in [3.05, 3.63) is 101 Å². The molecule has 1 aromatic heterocycles. The van der Waals surface area contributed by atoms with E-state index in [4.69, 9.17) is 11.6 Å². The molecular formula is C31H38ClF2N2U-. The molecule has 0 amide bonds. The van der Waals surface area contributed by atoms with E-state index < -0.39 is 0 Å². The number of hydrogen-bond donors (Lipinski definition) is 1. The first-order valence-electron chi connectivity index (χ1n) is 12.6. The summed E-state index contributed by atoms with van der Waals surface area (Å²) in [5.41, 5.74) is 6.66. The van der Waals surface area contributed by atoms with Gasteiger partial charge in [0, 0.05) is 59.3 Å². The summed E-state index contributed by atoms with van der Waals surface area (Å²) in [4.78, 5) is 7.35. The molecule has 0 radical (unpaired) electrons. The van der Waals surface area contributed by atoms with Crippen LogP contribution in [0.25, 0.3) is 10.9 Å².